The SMILES string of the molecule is CC(C)C[C@H](CO)CNC(C)C. The van der Waals surface area contributed by atoms with Crippen LogP contribution in [0.1, 0.15) is 34.1 Å². The molecule has 0 spiro atoms. The van der Waals surface area contributed by atoms with E-state index in [4.69, 9.17) is 5.11 Å². The Balaban J connectivity index is 3.53. The molecule has 0 saturated heterocycles. The smallest absolute Gasteiger partial charge is 0.0471 e. The van der Waals surface area contributed by atoms with E-state index < -0.39 is 0 Å². The summed E-state index contributed by atoms with van der Waals surface area (Å²) in [6.07, 6.45) is 1.11. The summed E-state index contributed by atoms with van der Waals surface area (Å²) in [6.45, 7) is 9.88. The van der Waals surface area contributed by atoms with Gasteiger partial charge in [-0.05, 0) is 18.3 Å². The minimum Gasteiger partial charge on any atom is -0.396 e. The largest absolute Gasteiger partial charge is 0.396 e. The maximum absolute atomic E-state index is 9.05. The maximum atomic E-state index is 9.05. The van der Waals surface area contributed by atoms with Crippen LogP contribution < -0.4 is 5.32 Å². The van der Waals surface area contributed by atoms with E-state index in [2.05, 4.69) is 33.0 Å². The van der Waals surface area contributed by atoms with Crippen LogP contribution in [0.5, 0.6) is 0 Å². The zero-order valence-corrected chi connectivity index (χ0v) is 8.80. The van der Waals surface area contributed by atoms with Gasteiger partial charge < -0.3 is 10.4 Å². The molecule has 0 saturated carbocycles. The number of aliphatic hydroxyl groups is 1. The van der Waals surface area contributed by atoms with Crippen molar-refractivity contribution in [3.8, 4) is 0 Å². The summed E-state index contributed by atoms with van der Waals surface area (Å²) in [5.74, 6) is 1.10. The Morgan fingerprint density at radius 1 is 1.17 bits per heavy atom. The average Bonchev–Trinajstić information content (AvgIpc) is 1.97. The van der Waals surface area contributed by atoms with Crippen LogP contribution in [-0.4, -0.2) is 24.3 Å². The first-order valence-electron chi connectivity index (χ1n) is 4.90. The maximum Gasteiger partial charge on any atom is 0.0471 e. The van der Waals surface area contributed by atoms with Gasteiger partial charge in [0.15, 0.2) is 0 Å². The van der Waals surface area contributed by atoms with E-state index in [0.29, 0.717) is 24.5 Å². The molecule has 0 unspecified atom stereocenters. The van der Waals surface area contributed by atoms with Gasteiger partial charge in [-0.3, -0.25) is 0 Å². The lowest BCUT2D eigenvalue weighted by Crippen LogP contribution is -2.31. The Bertz CT molecular complexity index is 102. The van der Waals surface area contributed by atoms with Crippen molar-refractivity contribution in [1.29, 1.82) is 0 Å². The molecule has 0 heterocycles. The third kappa shape index (κ3) is 6.62. The molecular weight excluding hydrogens is 150 g/mol. The van der Waals surface area contributed by atoms with Crippen LogP contribution in [-0.2, 0) is 0 Å². The predicted molar refractivity (Wildman–Crippen MR) is 53.2 cm³/mol. The second kappa shape index (κ2) is 6.44. The fourth-order valence-corrected chi connectivity index (χ4v) is 1.29. The third-order valence-electron chi connectivity index (χ3n) is 1.88. The zero-order valence-electron chi connectivity index (χ0n) is 8.80. The quantitative estimate of drug-likeness (QED) is 0.640. The fourth-order valence-electron chi connectivity index (χ4n) is 1.29. The summed E-state index contributed by atoms with van der Waals surface area (Å²) in [5.41, 5.74) is 0. The van der Waals surface area contributed by atoms with E-state index in [9.17, 15) is 0 Å². The Labute approximate surface area is 76.4 Å². The van der Waals surface area contributed by atoms with E-state index in [1.54, 1.807) is 0 Å². The molecule has 0 aliphatic rings. The van der Waals surface area contributed by atoms with E-state index in [1.807, 2.05) is 0 Å². The molecule has 0 aromatic heterocycles. The molecule has 0 aliphatic carbocycles. The van der Waals surface area contributed by atoms with Crippen LogP contribution in [0.4, 0.5) is 0 Å². The fraction of sp³-hybridized carbons (Fsp3) is 1.00. The summed E-state index contributed by atoms with van der Waals surface area (Å²) in [5, 5.41) is 12.4. The lowest BCUT2D eigenvalue weighted by Gasteiger charge is -2.18. The lowest BCUT2D eigenvalue weighted by atomic mass is 9.98. The molecule has 2 nitrogen and oxygen atoms in total. The summed E-state index contributed by atoms with van der Waals surface area (Å²) in [6, 6.07) is 0.520. The molecule has 0 fully saturated rings. The molecule has 12 heavy (non-hydrogen) atoms. The van der Waals surface area contributed by atoms with Crippen LogP contribution in [0.3, 0.4) is 0 Å². The predicted octanol–water partition coefficient (Wildman–Crippen LogP) is 1.64. The van der Waals surface area contributed by atoms with E-state index in [1.165, 1.54) is 0 Å². The van der Waals surface area contributed by atoms with Crippen LogP contribution in [0, 0.1) is 11.8 Å². The van der Waals surface area contributed by atoms with Gasteiger partial charge in [0.05, 0.1) is 0 Å². The van der Waals surface area contributed by atoms with Gasteiger partial charge >= 0.3 is 0 Å². The number of nitrogens with one attached hydrogen (secondary N) is 1. The molecule has 0 amide bonds. The molecule has 0 rings (SSSR count). The Hall–Kier alpha value is -0.0800. The molecule has 74 valence electrons. The minimum atomic E-state index is 0.303. The average molecular weight is 173 g/mol. The highest BCUT2D eigenvalue weighted by Crippen LogP contribution is 2.09. The molecule has 2 N–H and O–H groups in total. The van der Waals surface area contributed by atoms with Crippen molar-refractivity contribution in [3.63, 3.8) is 0 Å². The second-order valence-corrected chi connectivity index (χ2v) is 4.24. The Morgan fingerprint density at radius 2 is 1.75 bits per heavy atom. The topological polar surface area (TPSA) is 32.3 Å². The molecule has 0 aromatic rings. The highest BCUT2D eigenvalue weighted by molar-refractivity contribution is 4.64. The van der Waals surface area contributed by atoms with E-state index in [0.717, 1.165) is 13.0 Å². The van der Waals surface area contributed by atoms with Crippen LogP contribution in [0.25, 0.3) is 0 Å². The van der Waals surface area contributed by atoms with E-state index >= 15 is 0 Å². The highest BCUT2D eigenvalue weighted by Gasteiger charge is 2.09. The second-order valence-electron chi connectivity index (χ2n) is 4.24. The molecule has 0 bridgehead atoms. The minimum absolute atomic E-state index is 0.303. The van der Waals surface area contributed by atoms with Gasteiger partial charge in [-0.25, -0.2) is 0 Å². The van der Waals surface area contributed by atoms with Crippen molar-refractivity contribution in [2.75, 3.05) is 13.2 Å². The highest BCUT2D eigenvalue weighted by atomic mass is 16.3. The number of hydrogen-bond donors (Lipinski definition) is 2. The Kier molecular flexibility index (Phi) is 6.39. The van der Waals surface area contributed by atoms with Gasteiger partial charge in [-0.15, -0.1) is 0 Å². The van der Waals surface area contributed by atoms with Gasteiger partial charge in [-0.1, -0.05) is 27.7 Å². The van der Waals surface area contributed by atoms with Crippen molar-refractivity contribution >= 4 is 0 Å². The van der Waals surface area contributed by atoms with Gasteiger partial charge in [0.2, 0.25) is 0 Å². The first-order valence-corrected chi connectivity index (χ1v) is 4.90. The van der Waals surface area contributed by atoms with Gasteiger partial charge in [0.25, 0.3) is 0 Å². The summed E-state index contributed by atoms with van der Waals surface area (Å²) < 4.78 is 0. The normalized spacial score (nSPS) is 14.2. The summed E-state index contributed by atoms with van der Waals surface area (Å²) in [4.78, 5) is 0. The molecule has 1 atom stereocenters. The van der Waals surface area contributed by atoms with Gasteiger partial charge in [0, 0.05) is 19.2 Å². The van der Waals surface area contributed by atoms with Crippen molar-refractivity contribution in [2.24, 2.45) is 11.8 Å². The number of hydrogen-bond acceptors (Lipinski definition) is 2. The molecule has 0 radical (unpaired) electrons. The molecular formula is C10H23NO. The van der Waals surface area contributed by atoms with Crippen molar-refractivity contribution < 1.29 is 5.11 Å². The van der Waals surface area contributed by atoms with Gasteiger partial charge in [0.1, 0.15) is 0 Å². The summed E-state index contributed by atoms with van der Waals surface area (Å²) in [7, 11) is 0. The monoisotopic (exact) mass is 173 g/mol. The molecule has 2 heteroatoms. The zero-order chi connectivity index (χ0) is 9.56. The molecule has 0 aromatic carbocycles. The van der Waals surface area contributed by atoms with Crippen molar-refractivity contribution in [2.45, 2.75) is 40.2 Å². The number of rotatable bonds is 6. The van der Waals surface area contributed by atoms with Crippen molar-refractivity contribution in [1.82, 2.24) is 5.32 Å². The first-order chi connectivity index (χ1) is 5.56. The number of aliphatic hydroxyl groups excluding tert-OH is 1. The Morgan fingerprint density at radius 3 is 2.08 bits per heavy atom. The van der Waals surface area contributed by atoms with Crippen molar-refractivity contribution in [3.05, 3.63) is 0 Å². The van der Waals surface area contributed by atoms with Crippen LogP contribution >= 0.6 is 0 Å². The lowest BCUT2D eigenvalue weighted by molar-refractivity contribution is 0.200. The first kappa shape index (κ1) is 11.9. The summed E-state index contributed by atoms with van der Waals surface area (Å²) >= 11 is 0. The van der Waals surface area contributed by atoms with Crippen LogP contribution in [0.15, 0.2) is 0 Å². The standard InChI is InChI=1S/C10H23NO/c1-8(2)5-10(7-12)6-11-9(3)4/h8-12H,5-7H2,1-4H3/t10-/m0/s1. The third-order valence-corrected chi connectivity index (χ3v) is 1.88. The molecule has 0 aliphatic heterocycles. The van der Waals surface area contributed by atoms with E-state index in [-0.39, 0.29) is 0 Å². The van der Waals surface area contributed by atoms with Gasteiger partial charge in [-0.2, -0.15) is 0 Å². The van der Waals surface area contributed by atoms with Crippen LogP contribution in [0.2, 0.25) is 0 Å².